The number of hydrogen-bond acceptors (Lipinski definition) is 2. The molecule has 21 heavy (non-hydrogen) atoms. The summed E-state index contributed by atoms with van der Waals surface area (Å²) in [7, 11) is 0. The van der Waals surface area contributed by atoms with Crippen molar-refractivity contribution in [3.63, 3.8) is 0 Å². The van der Waals surface area contributed by atoms with Gasteiger partial charge < -0.3 is 10.0 Å². The van der Waals surface area contributed by atoms with Crippen LogP contribution >= 0.6 is 0 Å². The molecule has 0 aliphatic rings. The maximum Gasteiger partial charge on any atom is 0.227 e. The second kappa shape index (κ2) is 7.55. The molecule has 0 aromatic heterocycles. The summed E-state index contributed by atoms with van der Waals surface area (Å²) < 4.78 is 13.8. The van der Waals surface area contributed by atoms with E-state index in [-0.39, 0.29) is 31.3 Å². The van der Waals surface area contributed by atoms with Crippen molar-refractivity contribution in [3.8, 4) is 0 Å². The van der Waals surface area contributed by atoms with E-state index in [0.29, 0.717) is 12.0 Å². The van der Waals surface area contributed by atoms with Gasteiger partial charge in [0.1, 0.15) is 5.82 Å². The lowest BCUT2D eigenvalue weighted by atomic mass is 10.1. The molecule has 0 radical (unpaired) electrons. The molecule has 0 aliphatic carbocycles. The van der Waals surface area contributed by atoms with Gasteiger partial charge in [0, 0.05) is 24.3 Å². The zero-order valence-corrected chi connectivity index (χ0v) is 11.7. The van der Waals surface area contributed by atoms with Crippen molar-refractivity contribution < 1.29 is 14.3 Å². The predicted octanol–water partition coefficient (Wildman–Crippen LogP) is 3.13. The molecule has 0 heterocycles. The van der Waals surface area contributed by atoms with Crippen LogP contribution in [-0.2, 0) is 11.3 Å². The van der Waals surface area contributed by atoms with Crippen molar-refractivity contribution in [3.05, 3.63) is 66.0 Å². The summed E-state index contributed by atoms with van der Waals surface area (Å²) in [6.45, 7) is 0.148. The molecule has 2 aromatic carbocycles. The Morgan fingerprint density at radius 2 is 1.71 bits per heavy atom. The fourth-order valence-corrected chi connectivity index (χ4v) is 2.09. The molecule has 0 spiro atoms. The Labute approximate surface area is 123 Å². The fourth-order valence-electron chi connectivity index (χ4n) is 2.09. The summed E-state index contributed by atoms with van der Waals surface area (Å²) in [5.74, 6) is -0.452. The minimum Gasteiger partial charge on any atom is -0.396 e. The fraction of sp³-hybridized carbons (Fsp3) is 0.235. The lowest BCUT2D eigenvalue weighted by Gasteiger charge is -2.23. The van der Waals surface area contributed by atoms with Crippen LogP contribution in [0.2, 0.25) is 0 Å². The van der Waals surface area contributed by atoms with E-state index in [1.807, 2.05) is 30.3 Å². The third-order valence-electron chi connectivity index (χ3n) is 3.20. The summed E-state index contributed by atoms with van der Waals surface area (Å²) in [5.41, 5.74) is 1.20. The lowest BCUT2D eigenvalue weighted by molar-refractivity contribution is -0.119. The summed E-state index contributed by atoms with van der Waals surface area (Å²) in [6, 6.07) is 15.6. The van der Waals surface area contributed by atoms with E-state index in [1.54, 1.807) is 23.1 Å². The third-order valence-corrected chi connectivity index (χ3v) is 3.20. The molecular formula is C17H18FNO2. The summed E-state index contributed by atoms with van der Waals surface area (Å²) >= 11 is 0. The zero-order valence-electron chi connectivity index (χ0n) is 11.7. The Morgan fingerprint density at radius 3 is 2.38 bits per heavy atom. The summed E-state index contributed by atoms with van der Waals surface area (Å²) in [4.78, 5) is 13.9. The van der Waals surface area contributed by atoms with Crippen molar-refractivity contribution in [2.24, 2.45) is 0 Å². The number of benzene rings is 2. The number of anilines is 1. The first-order chi connectivity index (χ1) is 10.2. The molecule has 2 aromatic rings. The van der Waals surface area contributed by atoms with Gasteiger partial charge in [0.05, 0.1) is 6.54 Å². The van der Waals surface area contributed by atoms with Crippen LogP contribution in [-0.4, -0.2) is 17.6 Å². The average molecular weight is 287 g/mol. The molecule has 3 nitrogen and oxygen atoms in total. The summed E-state index contributed by atoms with van der Waals surface area (Å²) in [5, 5.41) is 8.87. The predicted molar refractivity (Wildman–Crippen MR) is 80.4 cm³/mol. The van der Waals surface area contributed by atoms with Gasteiger partial charge in [-0.1, -0.05) is 36.4 Å². The molecule has 0 bridgehead atoms. The maximum absolute atomic E-state index is 13.8. The number of aliphatic hydroxyl groups excluding tert-OH is 1. The monoisotopic (exact) mass is 287 g/mol. The van der Waals surface area contributed by atoms with Gasteiger partial charge in [0.2, 0.25) is 5.91 Å². The second-order valence-electron chi connectivity index (χ2n) is 4.73. The minimum absolute atomic E-state index is 0.0337. The highest BCUT2D eigenvalue weighted by Crippen LogP contribution is 2.19. The van der Waals surface area contributed by atoms with E-state index in [1.165, 1.54) is 6.07 Å². The van der Waals surface area contributed by atoms with Crippen LogP contribution < -0.4 is 4.90 Å². The highest BCUT2D eigenvalue weighted by Gasteiger charge is 2.17. The molecule has 0 saturated carbocycles. The van der Waals surface area contributed by atoms with Crippen LogP contribution in [0.5, 0.6) is 0 Å². The van der Waals surface area contributed by atoms with E-state index >= 15 is 0 Å². The van der Waals surface area contributed by atoms with Crippen LogP contribution in [0.1, 0.15) is 18.4 Å². The number of para-hydroxylation sites is 1. The molecule has 2 rings (SSSR count). The molecule has 1 amide bonds. The van der Waals surface area contributed by atoms with Crippen LogP contribution in [0.15, 0.2) is 54.6 Å². The van der Waals surface area contributed by atoms with Gasteiger partial charge in [-0.3, -0.25) is 4.79 Å². The second-order valence-corrected chi connectivity index (χ2v) is 4.73. The molecule has 4 heteroatoms. The molecule has 0 unspecified atom stereocenters. The molecule has 0 aliphatic heterocycles. The SMILES string of the molecule is O=C(CCCO)N(Cc1ccccc1F)c1ccccc1. The third kappa shape index (κ3) is 4.13. The largest absolute Gasteiger partial charge is 0.396 e. The smallest absolute Gasteiger partial charge is 0.227 e. The van der Waals surface area contributed by atoms with Gasteiger partial charge in [0.25, 0.3) is 0 Å². The van der Waals surface area contributed by atoms with Crippen LogP contribution in [0.3, 0.4) is 0 Å². The molecule has 110 valence electrons. The van der Waals surface area contributed by atoms with Crippen molar-refractivity contribution in [2.75, 3.05) is 11.5 Å². The number of carbonyl (C=O) groups excluding carboxylic acids is 1. The number of rotatable bonds is 6. The van der Waals surface area contributed by atoms with E-state index in [9.17, 15) is 9.18 Å². The van der Waals surface area contributed by atoms with Crippen LogP contribution in [0.25, 0.3) is 0 Å². The number of halogens is 1. The number of nitrogens with zero attached hydrogens (tertiary/aromatic N) is 1. The normalized spacial score (nSPS) is 10.4. The van der Waals surface area contributed by atoms with E-state index < -0.39 is 0 Å². The van der Waals surface area contributed by atoms with E-state index in [2.05, 4.69) is 0 Å². The summed E-state index contributed by atoms with van der Waals surface area (Å²) in [6.07, 6.45) is 0.638. The van der Waals surface area contributed by atoms with Gasteiger partial charge in [-0.15, -0.1) is 0 Å². The highest BCUT2D eigenvalue weighted by molar-refractivity contribution is 5.93. The number of amides is 1. The number of carbonyl (C=O) groups is 1. The topological polar surface area (TPSA) is 40.5 Å². The Hall–Kier alpha value is -2.20. The first-order valence-electron chi connectivity index (χ1n) is 6.92. The number of aliphatic hydroxyl groups is 1. The van der Waals surface area contributed by atoms with Crippen LogP contribution in [0.4, 0.5) is 10.1 Å². The Morgan fingerprint density at radius 1 is 1.05 bits per heavy atom. The molecule has 0 fully saturated rings. The van der Waals surface area contributed by atoms with Gasteiger partial charge in [-0.2, -0.15) is 0 Å². The zero-order chi connectivity index (χ0) is 15.1. The standard InChI is InChI=1S/C17H18FNO2/c18-16-10-5-4-7-14(16)13-19(17(21)11-6-12-20)15-8-2-1-3-9-15/h1-5,7-10,20H,6,11-13H2. The first-order valence-corrected chi connectivity index (χ1v) is 6.92. The Balaban J connectivity index is 2.24. The number of hydrogen-bond donors (Lipinski definition) is 1. The molecule has 0 saturated heterocycles. The maximum atomic E-state index is 13.8. The molecule has 0 atom stereocenters. The van der Waals surface area contributed by atoms with E-state index in [4.69, 9.17) is 5.11 Å². The van der Waals surface area contributed by atoms with Gasteiger partial charge in [-0.25, -0.2) is 4.39 Å². The van der Waals surface area contributed by atoms with E-state index in [0.717, 1.165) is 5.69 Å². The minimum atomic E-state index is -0.326. The quantitative estimate of drug-likeness (QED) is 0.886. The average Bonchev–Trinajstić information content (AvgIpc) is 2.52. The molecular weight excluding hydrogens is 269 g/mol. The van der Waals surface area contributed by atoms with Crippen LogP contribution in [0, 0.1) is 5.82 Å². The van der Waals surface area contributed by atoms with Gasteiger partial charge >= 0.3 is 0 Å². The Kier molecular flexibility index (Phi) is 5.46. The van der Waals surface area contributed by atoms with Crippen molar-refractivity contribution in [2.45, 2.75) is 19.4 Å². The first kappa shape index (κ1) is 15.2. The lowest BCUT2D eigenvalue weighted by Crippen LogP contribution is -2.30. The Bertz CT molecular complexity index is 586. The van der Waals surface area contributed by atoms with Crippen molar-refractivity contribution in [1.82, 2.24) is 0 Å². The molecule has 1 N–H and O–H groups in total. The van der Waals surface area contributed by atoms with Gasteiger partial charge in [-0.05, 0) is 24.6 Å². The highest BCUT2D eigenvalue weighted by atomic mass is 19.1. The van der Waals surface area contributed by atoms with Crippen molar-refractivity contribution >= 4 is 11.6 Å². The van der Waals surface area contributed by atoms with Gasteiger partial charge in [0.15, 0.2) is 0 Å². The van der Waals surface area contributed by atoms with Crippen molar-refractivity contribution in [1.29, 1.82) is 0 Å².